The molecule has 1 aromatic heterocycles. The van der Waals surface area contributed by atoms with E-state index in [0.29, 0.717) is 15.6 Å². The lowest BCUT2D eigenvalue weighted by molar-refractivity contribution is -0.136. The summed E-state index contributed by atoms with van der Waals surface area (Å²) in [6.45, 7) is -0.0989. The highest BCUT2D eigenvalue weighted by atomic mass is 35.5. The number of hydrogen-bond acceptors (Lipinski definition) is 6. The van der Waals surface area contributed by atoms with Crippen LogP contribution in [-0.4, -0.2) is 30.8 Å². The number of hydrazone groups is 1. The van der Waals surface area contributed by atoms with Gasteiger partial charge < -0.3 is 9.73 Å². The Hall–Kier alpha value is -4.03. The number of sulfonamides is 1. The summed E-state index contributed by atoms with van der Waals surface area (Å²) < 4.78 is 47.5. The average molecular weight is 603 g/mol. The lowest BCUT2D eigenvalue weighted by atomic mass is 10.2. The van der Waals surface area contributed by atoms with Crippen LogP contribution >= 0.6 is 23.2 Å². The molecule has 0 aliphatic heterocycles. The molecular weight excluding hydrogens is 582 g/mol. The molecule has 9 nitrogen and oxygen atoms in total. The molecular formula is C27H21Cl2FN4O5S. The predicted octanol–water partition coefficient (Wildman–Crippen LogP) is 5.21. The molecule has 40 heavy (non-hydrogen) atoms. The van der Waals surface area contributed by atoms with E-state index in [9.17, 15) is 22.4 Å². The predicted molar refractivity (Wildman–Crippen MR) is 149 cm³/mol. The zero-order valence-corrected chi connectivity index (χ0v) is 22.9. The number of hydrogen-bond donors (Lipinski definition) is 2. The number of halogens is 3. The van der Waals surface area contributed by atoms with Crippen LogP contribution in [0.2, 0.25) is 10.0 Å². The van der Waals surface area contributed by atoms with Crippen molar-refractivity contribution >= 4 is 56.9 Å². The fourth-order valence-corrected chi connectivity index (χ4v) is 5.09. The van der Waals surface area contributed by atoms with E-state index in [-0.39, 0.29) is 35.2 Å². The molecule has 4 aromatic rings. The first-order valence-electron chi connectivity index (χ1n) is 11.6. The van der Waals surface area contributed by atoms with Crippen LogP contribution < -0.4 is 10.7 Å². The Kier molecular flexibility index (Phi) is 9.33. The highest BCUT2D eigenvalue weighted by molar-refractivity contribution is 7.89. The fourth-order valence-electron chi connectivity index (χ4n) is 3.44. The SMILES string of the molecule is O=C(N/N=C/c1ccc(CN(Cc2ccc(Cl)cc2)S(=O)(=O)c2ccc(Cl)cc2)o1)C(=O)Nc1ccccc1F. The molecule has 0 atom stereocenters. The van der Waals surface area contributed by atoms with Crippen LogP contribution in [0, 0.1) is 5.82 Å². The molecule has 2 N–H and O–H groups in total. The maximum Gasteiger partial charge on any atom is 0.329 e. The molecule has 0 fully saturated rings. The number of nitrogens with zero attached hydrogens (tertiary/aromatic N) is 2. The van der Waals surface area contributed by atoms with Gasteiger partial charge in [-0.25, -0.2) is 18.2 Å². The van der Waals surface area contributed by atoms with E-state index in [1.54, 1.807) is 30.3 Å². The first kappa shape index (κ1) is 29.0. The van der Waals surface area contributed by atoms with E-state index < -0.39 is 27.7 Å². The Balaban J connectivity index is 1.45. The van der Waals surface area contributed by atoms with Crippen molar-refractivity contribution in [1.82, 2.24) is 9.73 Å². The first-order valence-corrected chi connectivity index (χ1v) is 13.8. The number of para-hydroxylation sites is 1. The Morgan fingerprint density at radius 2 is 1.52 bits per heavy atom. The van der Waals surface area contributed by atoms with Gasteiger partial charge in [-0.2, -0.15) is 9.41 Å². The van der Waals surface area contributed by atoms with Crippen molar-refractivity contribution in [3.63, 3.8) is 0 Å². The summed E-state index contributed by atoms with van der Waals surface area (Å²) in [5.41, 5.74) is 2.56. The molecule has 0 unspecified atom stereocenters. The number of carbonyl (C=O) groups excluding carboxylic acids is 2. The zero-order chi connectivity index (χ0) is 28.7. The van der Waals surface area contributed by atoms with Gasteiger partial charge in [0.15, 0.2) is 0 Å². The third-order valence-electron chi connectivity index (χ3n) is 5.42. The maximum atomic E-state index is 13.7. The minimum Gasteiger partial charge on any atom is -0.459 e. The van der Waals surface area contributed by atoms with E-state index in [1.165, 1.54) is 52.8 Å². The standard InChI is InChI=1S/C27H21Cl2FN4O5S/c28-19-7-5-18(6-8-19)16-34(40(37,38)23-13-9-20(29)10-14-23)17-22-12-11-21(39-22)15-31-33-27(36)26(35)32-25-4-2-1-3-24(25)30/h1-15H,16-17H2,(H,32,35)(H,33,36)/b31-15+. The third kappa shape index (κ3) is 7.54. The van der Waals surface area contributed by atoms with Gasteiger partial charge in [-0.3, -0.25) is 9.59 Å². The van der Waals surface area contributed by atoms with Gasteiger partial charge in [-0.05, 0) is 66.2 Å². The lowest BCUT2D eigenvalue weighted by Gasteiger charge is -2.21. The van der Waals surface area contributed by atoms with Gasteiger partial charge in [0.25, 0.3) is 0 Å². The first-order chi connectivity index (χ1) is 19.1. The smallest absolute Gasteiger partial charge is 0.329 e. The third-order valence-corrected chi connectivity index (χ3v) is 7.73. The Labute approximate surface area is 239 Å². The van der Waals surface area contributed by atoms with Crippen molar-refractivity contribution in [2.75, 3.05) is 5.32 Å². The molecule has 206 valence electrons. The summed E-state index contributed by atoms with van der Waals surface area (Å²) in [6, 6.07) is 21.0. The quantitative estimate of drug-likeness (QED) is 0.155. The van der Waals surface area contributed by atoms with Crippen LogP contribution in [0.25, 0.3) is 0 Å². The van der Waals surface area contributed by atoms with Crippen LogP contribution in [0.5, 0.6) is 0 Å². The van der Waals surface area contributed by atoms with Crippen molar-refractivity contribution < 1.29 is 26.8 Å². The number of rotatable bonds is 9. The molecule has 0 aliphatic rings. The summed E-state index contributed by atoms with van der Waals surface area (Å²) in [7, 11) is -3.96. The summed E-state index contributed by atoms with van der Waals surface area (Å²) in [6.07, 6.45) is 1.13. The summed E-state index contributed by atoms with van der Waals surface area (Å²) in [5.74, 6) is -2.47. The number of benzene rings is 3. The van der Waals surface area contributed by atoms with Gasteiger partial charge in [-0.15, -0.1) is 0 Å². The van der Waals surface area contributed by atoms with Gasteiger partial charge in [0.05, 0.1) is 23.3 Å². The molecule has 0 bridgehead atoms. The van der Waals surface area contributed by atoms with Gasteiger partial charge in [0.2, 0.25) is 10.0 Å². The van der Waals surface area contributed by atoms with Crippen molar-refractivity contribution in [2.45, 2.75) is 18.0 Å². The van der Waals surface area contributed by atoms with E-state index in [1.807, 2.05) is 5.43 Å². The molecule has 1 heterocycles. The van der Waals surface area contributed by atoms with Gasteiger partial charge >= 0.3 is 11.8 Å². The van der Waals surface area contributed by atoms with Crippen molar-refractivity contribution in [3.05, 3.63) is 118 Å². The minimum atomic E-state index is -3.96. The van der Waals surface area contributed by atoms with E-state index >= 15 is 0 Å². The molecule has 0 radical (unpaired) electrons. The van der Waals surface area contributed by atoms with Crippen molar-refractivity contribution in [2.24, 2.45) is 5.10 Å². The average Bonchev–Trinajstić information content (AvgIpc) is 3.38. The minimum absolute atomic E-state index is 0.0272. The number of carbonyl (C=O) groups is 2. The normalized spacial score (nSPS) is 11.6. The van der Waals surface area contributed by atoms with Crippen LogP contribution in [0.15, 0.2) is 99.3 Å². The molecule has 0 spiro atoms. The molecule has 3 aromatic carbocycles. The Morgan fingerprint density at radius 1 is 0.875 bits per heavy atom. The van der Waals surface area contributed by atoms with Gasteiger partial charge in [-0.1, -0.05) is 47.5 Å². The molecule has 2 amide bonds. The summed E-state index contributed by atoms with van der Waals surface area (Å²) in [5, 5.41) is 6.72. The second kappa shape index (κ2) is 12.9. The Bertz CT molecular complexity index is 1640. The summed E-state index contributed by atoms with van der Waals surface area (Å²) in [4.78, 5) is 24.0. The number of nitrogens with one attached hydrogen (secondary N) is 2. The van der Waals surface area contributed by atoms with E-state index in [4.69, 9.17) is 27.6 Å². The molecule has 0 saturated heterocycles. The van der Waals surface area contributed by atoms with E-state index in [0.717, 1.165) is 12.3 Å². The van der Waals surface area contributed by atoms with Crippen LogP contribution in [0.3, 0.4) is 0 Å². The molecule has 0 aliphatic carbocycles. The van der Waals surface area contributed by atoms with Crippen molar-refractivity contribution in [3.8, 4) is 0 Å². The van der Waals surface area contributed by atoms with Crippen LogP contribution in [0.1, 0.15) is 17.1 Å². The molecule has 13 heteroatoms. The Morgan fingerprint density at radius 3 is 2.20 bits per heavy atom. The van der Waals surface area contributed by atoms with Crippen molar-refractivity contribution in [1.29, 1.82) is 0 Å². The number of amides is 2. The highest BCUT2D eigenvalue weighted by Crippen LogP contribution is 2.24. The maximum absolute atomic E-state index is 13.7. The summed E-state index contributed by atoms with van der Waals surface area (Å²) >= 11 is 11.9. The fraction of sp³-hybridized carbons (Fsp3) is 0.0741. The monoisotopic (exact) mass is 602 g/mol. The highest BCUT2D eigenvalue weighted by Gasteiger charge is 2.26. The second-order valence-electron chi connectivity index (χ2n) is 8.29. The zero-order valence-electron chi connectivity index (χ0n) is 20.6. The van der Waals surface area contributed by atoms with Gasteiger partial charge in [0.1, 0.15) is 17.3 Å². The number of furan rings is 1. The van der Waals surface area contributed by atoms with Crippen LogP contribution in [0.4, 0.5) is 10.1 Å². The number of anilines is 1. The topological polar surface area (TPSA) is 121 Å². The molecule has 0 saturated carbocycles. The largest absolute Gasteiger partial charge is 0.459 e. The second-order valence-corrected chi connectivity index (χ2v) is 11.1. The van der Waals surface area contributed by atoms with Crippen LogP contribution in [-0.2, 0) is 32.7 Å². The lowest BCUT2D eigenvalue weighted by Crippen LogP contribution is -2.32. The van der Waals surface area contributed by atoms with Gasteiger partial charge in [0, 0.05) is 16.6 Å². The molecule has 4 rings (SSSR count). The van der Waals surface area contributed by atoms with E-state index in [2.05, 4.69) is 10.4 Å².